The number of alkyl carbamates (subject to hydrolysis) is 2. The summed E-state index contributed by atoms with van der Waals surface area (Å²) in [6.07, 6.45) is 3.35. The van der Waals surface area contributed by atoms with Crippen LogP contribution in [0.2, 0.25) is 0 Å². The lowest BCUT2D eigenvalue weighted by Gasteiger charge is -2.64. The Balaban J connectivity index is 1.27. The van der Waals surface area contributed by atoms with Gasteiger partial charge < -0.3 is 65.6 Å². The first kappa shape index (κ1) is 64.7. The van der Waals surface area contributed by atoms with E-state index in [4.69, 9.17) is 23.5 Å². The highest BCUT2D eigenvalue weighted by Crippen LogP contribution is 2.65. The van der Waals surface area contributed by atoms with Crippen LogP contribution in [0.4, 0.5) is 14.4 Å². The third-order valence-electron chi connectivity index (χ3n) is 16.1. The number of piperidine rings is 1. The predicted molar refractivity (Wildman–Crippen MR) is 303 cm³/mol. The molecule has 2 aliphatic heterocycles. The summed E-state index contributed by atoms with van der Waals surface area (Å²) in [6, 6.07) is 5.07. The molecule has 2 saturated heterocycles. The second kappa shape index (κ2) is 26.6. The highest BCUT2D eigenvalue weighted by molar-refractivity contribution is 6.47. The number of nitrogens with one attached hydrogen (secondary N) is 7. The van der Waals surface area contributed by atoms with Gasteiger partial charge in [-0.25, -0.2) is 14.4 Å². The molecule has 0 unspecified atom stereocenters. The van der Waals surface area contributed by atoms with Gasteiger partial charge in [0.1, 0.15) is 35.4 Å². The number of unbranched alkanes of at least 4 members (excludes halogenated alkanes) is 2. The molecule has 5 aliphatic rings. The van der Waals surface area contributed by atoms with Crippen LogP contribution < -0.4 is 37.2 Å². The Labute approximate surface area is 471 Å². The smallest absolute Gasteiger partial charge is 0.444 e. The minimum atomic E-state index is -1.34. The standard InChI is InChI=1S/C58H97BN8O12/c1-36(46(68)64-41(26-20-22-30-60-51(73)76-54(7,8)9)47(69)63-38(3)59-78-44-35-40-34-43(56(40,13)14)58(44,16)79-59)62-49(71)45(37(2)75-53(4,5)6)66-48(70)42(27-21-23-31-61-52(74)77-55(10,11)12)65-50(72)67-32-28-57(15,29-33-67)39-24-18-17-19-25-39/h17-19,24-25,36-38,40-45H,20-23,26-35H2,1-16H3,(H,60,73)(H,61,74)(H,62,71)(H,63,69)(H,64,68)(H,65,72)(H,66,70)/t36-,37+,38-,40-,41-,42-,43-,44+,45-,58-/m0/s1. The van der Waals surface area contributed by atoms with Crippen LogP contribution in [0.25, 0.3) is 0 Å². The minimum absolute atomic E-state index is 0.0992. The minimum Gasteiger partial charge on any atom is -0.444 e. The summed E-state index contributed by atoms with van der Waals surface area (Å²) >= 11 is 0. The van der Waals surface area contributed by atoms with Gasteiger partial charge in [-0.2, -0.15) is 0 Å². The van der Waals surface area contributed by atoms with Gasteiger partial charge in [-0.05, 0) is 182 Å². The fraction of sp³-hybridized carbons (Fsp3) is 0.776. The van der Waals surface area contributed by atoms with Crippen LogP contribution in [0, 0.1) is 17.3 Å². The number of hydrogen-bond acceptors (Lipinski definition) is 12. The normalized spacial score (nSPS) is 23.6. The Morgan fingerprint density at radius 2 is 1.19 bits per heavy atom. The van der Waals surface area contributed by atoms with E-state index >= 15 is 0 Å². The van der Waals surface area contributed by atoms with Gasteiger partial charge in [-0.15, -0.1) is 0 Å². The second-order valence-electron chi connectivity index (χ2n) is 26.6. The molecular formula is C58H97BN8O12. The lowest BCUT2D eigenvalue weighted by Crippen LogP contribution is -2.65. The van der Waals surface area contributed by atoms with E-state index in [2.05, 4.69) is 77.0 Å². The second-order valence-corrected chi connectivity index (χ2v) is 26.6. The Kier molecular flexibility index (Phi) is 21.8. The predicted octanol–water partition coefficient (Wildman–Crippen LogP) is 6.96. The van der Waals surface area contributed by atoms with Gasteiger partial charge in [0, 0.05) is 26.2 Å². The molecule has 3 saturated carbocycles. The van der Waals surface area contributed by atoms with Gasteiger partial charge in [0.2, 0.25) is 23.6 Å². The third kappa shape index (κ3) is 18.4. The van der Waals surface area contributed by atoms with Crippen molar-refractivity contribution >= 4 is 49.0 Å². The Morgan fingerprint density at radius 1 is 0.658 bits per heavy atom. The van der Waals surface area contributed by atoms with Crippen LogP contribution in [-0.2, 0) is 48.1 Å². The van der Waals surface area contributed by atoms with Crippen molar-refractivity contribution in [1.29, 1.82) is 0 Å². The molecule has 3 aliphatic carbocycles. The highest BCUT2D eigenvalue weighted by Gasteiger charge is 2.68. The van der Waals surface area contributed by atoms with Gasteiger partial charge in [-0.3, -0.25) is 19.2 Å². The van der Waals surface area contributed by atoms with Crippen molar-refractivity contribution in [1.82, 2.24) is 42.1 Å². The van der Waals surface area contributed by atoms with Crippen LogP contribution in [0.15, 0.2) is 30.3 Å². The molecule has 10 atom stereocenters. The van der Waals surface area contributed by atoms with Crippen LogP contribution >= 0.6 is 0 Å². The van der Waals surface area contributed by atoms with Gasteiger partial charge in [0.05, 0.1) is 29.4 Å². The number of nitrogens with zero attached hydrogens (tertiary/aromatic N) is 1. The zero-order chi connectivity index (χ0) is 58.9. The molecule has 2 bridgehead atoms. The SMILES string of the molecule is C[C@H](NC(=O)[C@H](CCCCNC(=O)OC(C)(C)C)NC(=O)[C@H](C)NC(=O)[C@@H](NC(=O)[C@H](CCCCNC(=O)OC(C)(C)C)NC(=O)N1CCC(C)(c2ccccc2)CC1)[C@@H](C)OC(C)(C)C)B1O[C@@H]2C[C@@H]3C[C@@H](C3(C)C)[C@]2(C)O1. The van der Waals surface area contributed by atoms with E-state index in [0.29, 0.717) is 50.6 Å². The molecule has 444 valence electrons. The average molecular weight is 1110 g/mol. The van der Waals surface area contributed by atoms with Crippen molar-refractivity contribution in [2.24, 2.45) is 17.3 Å². The first-order chi connectivity index (χ1) is 36.6. The van der Waals surface area contributed by atoms with Crippen molar-refractivity contribution in [3.63, 3.8) is 0 Å². The number of ether oxygens (including phenoxy) is 3. The Bertz CT molecular complexity index is 2260. The van der Waals surface area contributed by atoms with E-state index in [1.165, 1.54) is 12.5 Å². The van der Waals surface area contributed by atoms with Crippen LogP contribution in [-0.4, -0.2) is 145 Å². The highest BCUT2D eigenvalue weighted by atomic mass is 16.7. The van der Waals surface area contributed by atoms with Gasteiger partial charge in [0.15, 0.2) is 0 Å². The maximum Gasteiger partial charge on any atom is 0.481 e. The maximum absolute atomic E-state index is 14.5. The lowest BCUT2D eigenvalue weighted by atomic mass is 9.43. The first-order valence-corrected chi connectivity index (χ1v) is 28.9. The zero-order valence-electron chi connectivity index (χ0n) is 50.4. The molecule has 0 spiro atoms. The molecule has 0 aromatic heterocycles. The number of carbonyl (C=O) groups is 7. The van der Waals surface area contributed by atoms with E-state index in [9.17, 15) is 33.6 Å². The number of benzene rings is 1. The molecular weight excluding hydrogens is 1010 g/mol. The molecule has 0 radical (unpaired) electrons. The molecule has 8 amide bonds. The van der Waals surface area contributed by atoms with Crippen molar-refractivity contribution in [2.45, 2.75) is 245 Å². The molecule has 20 nitrogen and oxygen atoms in total. The number of amides is 8. The number of likely N-dealkylation sites (tertiary alicyclic amines) is 1. The Hall–Kier alpha value is -5.15. The lowest BCUT2D eigenvalue weighted by molar-refractivity contribution is -0.199. The van der Waals surface area contributed by atoms with Crippen LogP contribution in [0.5, 0.6) is 0 Å². The average Bonchev–Trinajstić information content (AvgIpc) is 3.92. The van der Waals surface area contributed by atoms with Crippen molar-refractivity contribution in [2.75, 3.05) is 26.2 Å². The van der Waals surface area contributed by atoms with Crippen molar-refractivity contribution in [3.8, 4) is 0 Å². The topological polar surface area (TPSA) is 253 Å². The van der Waals surface area contributed by atoms with E-state index in [1.807, 2.05) is 45.9 Å². The van der Waals surface area contributed by atoms with Crippen molar-refractivity contribution in [3.05, 3.63) is 35.9 Å². The molecule has 79 heavy (non-hydrogen) atoms. The molecule has 1 aromatic rings. The molecule has 7 N–H and O–H groups in total. The summed E-state index contributed by atoms with van der Waals surface area (Å²) in [6.45, 7) is 31.3. The molecule has 21 heteroatoms. The largest absolute Gasteiger partial charge is 0.481 e. The zero-order valence-corrected chi connectivity index (χ0v) is 50.4. The summed E-state index contributed by atoms with van der Waals surface area (Å²) in [5.74, 6) is -2.22. The summed E-state index contributed by atoms with van der Waals surface area (Å²) in [7, 11) is -0.707. The summed E-state index contributed by atoms with van der Waals surface area (Å²) in [5, 5.41) is 19.9. The summed E-state index contributed by atoms with van der Waals surface area (Å²) < 4.78 is 30.1. The quantitative estimate of drug-likeness (QED) is 0.0434. The van der Waals surface area contributed by atoms with Gasteiger partial charge in [-0.1, -0.05) is 51.1 Å². The molecule has 6 rings (SSSR count). The summed E-state index contributed by atoms with van der Waals surface area (Å²) in [5.41, 5.74) is -1.41. The van der Waals surface area contributed by atoms with Crippen LogP contribution in [0.1, 0.15) is 181 Å². The third-order valence-corrected chi connectivity index (χ3v) is 16.1. The first-order valence-electron chi connectivity index (χ1n) is 28.9. The molecule has 2 heterocycles. The van der Waals surface area contributed by atoms with Gasteiger partial charge >= 0.3 is 25.3 Å². The maximum atomic E-state index is 14.5. The van der Waals surface area contributed by atoms with Crippen LogP contribution in [0.3, 0.4) is 0 Å². The Morgan fingerprint density at radius 3 is 1.71 bits per heavy atom. The van der Waals surface area contributed by atoms with E-state index in [0.717, 1.165) is 25.7 Å². The fourth-order valence-electron chi connectivity index (χ4n) is 11.5. The van der Waals surface area contributed by atoms with E-state index in [1.54, 1.807) is 53.4 Å². The number of carbonyl (C=O) groups excluding carboxylic acids is 7. The summed E-state index contributed by atoms with van der Waals surface area (Å²) in [4.78, 5) is 97.8. The van der Waals surface area contributed by atoms with Crippen molar-refractivity contribution < 1.29 is 57.1 Å². The molecule has 5 fully saturated rings. The number of hydrogen-bond donors (Lipinski definition) is 7. The van der Waals surface area contributed by atoms with Gasteiger partial charge in [0.25, 0.3) is 0 Å². The molecule has 1 aromatic carbocycles. The number of rotatable bonds is 23. The monoisotopic (exact) mass is 1110 g/mol. The van der Waals surface area contributed by atoms with E-state index in [-0.39, 0.29) is 42.9 Å². The fourth-order valence-corrected chi connectivity index (χ4v) is 11.5. The number of urea groups is 1. The van der Waals surface area contributed by atoms with E-state index < -0.39 is 108 Å².